The van der Waals surface area contributed by atoms with Gasteiger partial charge in [-0.25, -0.2) is 0 Å². The van der Waals surface area contributed by atoms with Gasteiger partial charge in [-0.05, 0) is 48.6 Å². The number of anilines is 1. The van der Waals surface area contributed by atoms with Gasteiger partial charge in [-0.1, -0.05) is 19.9 Å². The Morgan fingerprint density at radius 2 is 1.81 bits per heavy atom. The summed E-state index contributed by atoms with van der Waals surface area (Å²) in [6.07, 6.45) is 1.61. The molecule has 0 saturated heterocycles. The molecule has 0 aliphatic carbocycles. The molecule has 1 heterocycles. The van der Waals surface area contributed by atoms with Gasteiger partial charge in [-0.3, -0.25) is 9.59 Å². The van der Waals surface area contributed by atoms with Gasteiger partial charge >= 0.3 is 0 Å². The molecule has 4 N–H and O–H groups in total. The maximum absolute atomic E-state index is 12.2. The first kappa shape index (κ1) is 23.5. The van der Waals surface area contributed by atoms with Crippen LogP contribution in [0, 0.1) is 0 Å². The average Bonchev–Trinajstić information content (AvgIpc) is 3.18. The van der Waals surface area contributed by atoms with E-state index in [0.717, 1.165) is 17.1 Å². The lowest BCUT2D eigenvalue weighted by Crippen LogP contribution is -2.49. The van der Waals surface area contributed by atoms with E-state index in [4.69, 9.17) is 5.73 Å². The number of amides is 2. The largest absolute Gasteiger partial charge is 0.350 e. The predicted octanol–water partition coefficient (Wildman–Crippen LogP) is 4.15. The van der Waals surface area contributed by atoms with E-state index in [2.05, 4.69) is 10.6 Å². The first-order chi connectivity index (χ1) is 12.5. The van der Waals surface area contributed by atoms with Crippen molar-refractivity contribution in [2.75, 3.05) is 17.6 Å². The van der Waals surface area contributed by atoms with Gasteiger partial charge in [0.1, 0.15) is 0 Å². The van der Waals surface area contributed by atoms with E-state index < -0.39 is 0 Å². The second-order valence-electron chi connectivity index (χ2n) is 6.10. The highest BCUT2D eigenvalue weighted by Gasteiger charge is 2.21. The van der Waals surface area contributed by atoms with Crippen LogP contribution in [0.1, 0.15) is 37.0 Å². The third kappa shape index (κ3) is 7.54. The van der Waals surface area contributed by atoms with Crippen molar-refractivity contribution in [1.82, 2.24) is 5.32 Å². The Bertz CT molecular complexity index is 717. The fourth-order valence-electron chi connectivity index (χ4n) is 2.24. The Kier molecular flexibility index (Phi) is 9.87. The van der Waals surface area contributed by atoms with Crippen molar-refractivity contribution >= 4 is 53.0 Å². The van der Waals surface area contributed by atoms with Crippen LogP contribution in [0.3, 0.4) is 0 Å². The van der Waals surface area contributed by atoms with Gasteiger partial charge in [0.2, 0.25) is 5.91 Å². The summed E-state index contributed by atoms with van der Waals surface area (Å²) in [5.74, 6) is 0.127. The quantitative estimate of drug-likeness (QED) is 0.525. The van der Waals surface area contributed by atoms with Crippen LogP contribution in [0.2, 0.25) is 0 Å². The molecule has 8 heteroatoms. The molecule has 0 aliphatic heterocycles. The Hall–Kier alpha value is -1.54. The summed E-state index contributed by atoms with van der Waals surface area (Å²) in [7, 11) is 0. The molecule has 0 saturated carbocycles. The third-order valence-corrected chi connectivity index (χ3v) is 6.41. The van der Waals surface area contributed by atoms with Crippen molar-refractivity contribution in [1.29, 1.82) is 0 Å². The number of nitrogens with two attached hydrogens (primary N) is 1. The molecule has 148 valence electrons. The van der Waals surface area contributed by atoms with Gasteiger partial charge in [-0.15, -0.1) is 35.5 Å². The Labute approximate surface area is 174 Å². The number of hydrogen-bond donors (Lipinski definition) is 3. The molecule has 0 radical (unpaired) electrons. The van der Waals surface area contributed by atoms with Crippen LogP contribution in [0.15, 0.2) is 46.0 Å². The number of rotatable bonds is 9. The third-order valence-electron chi connectivity index (χ3n) is 4.28. The Morgan fingerprint density at radius 1 is 1.15 bits per heavy atom. The summed E-state index contributed by atoms with van der Waals surface area (Å²) in [4.78, 5) is 24.2. The van der Waals surface area contributed by atoms with Crippen LogP contribution in [0.4, 0.5) is 5.69 Å². The van der Waals surface area contributed by atoms with E-state index in [-0.39, 0.29) is 29.8 Å². The van der Waals surface area contributed by atoms with Crippen molar-refractivity contribution in [3.8, 4) is 0 Å². The summed E-state index contributed by atoms with van der Waals surface area (Å²) in [6, 6.07) is 10.8. The summed E-state index contributed by atoms with van der Waals surface area (Å²) >= 11 is 3.12. The lowest BCUT2D eigenvalue weighted by atomic mass is 9.94. The van der Waals surface area contributed by atoms with Gasteiger partial charge in [0, 0.05) is 23.3 Å². The number of nitrogens with one attached hydrogen (secondary N) is 2. The van der Waals surface area contributed by atoms with E-state index in [1.165, 1.54) is 11.8 Å². The van der Waals surface area contributed by atoms with Crippen LogP contribution in [0.5, 0.6) is 0 Å². The van der Waals surface area contributed by atoms with Gasteiger partial charge in [0.25, 0.3) is 5.91 Å². The lowest BCUT2D eigenvalue weighted by molar-refractivity contribution is -0.113. The number of hydrogen-bond acceptors (Lipinski definition) is 5. The molecule has 2 amide bonds. The van der Waals surface area contributed by atoms with Crippen LogP contribution >= 0.6 is 35.5 Å². The monoisotopic (exact) mass is 427 g/mol. The molecule has 0 spiro atoms. The van der Waals surface area contributed by atoms with E-state index in [1.807, 2.05) is 31.4 Å². The molecule has 0 bridgehead atoms. The molecular formula is C19H26ClN3O2S2. The fraction of sp³-hybridized carbons (Fsp3) is 0.368. The van der Waals surface area contributed by atoms with Crippen molar-refractivity contribution in [2.24, 2.45) is 5.73 Å². The molecule has 1 aromatic heterocycles. The smallest absolute Gasteiger partial charge is 0.251 e. The minimum atomic E-state index is -0.371. The summed E-state index contributed by atoms with van der Waals surface area (Å²) in [5, 5.41) is 7.71. The van der Waals surface area contributed by atoms with Crippen LogP contribution in [0.25, 0.3) is 0 Å². The van der Waals surface area contributed by atoms with Gasteiger partial charge < -0.3 is 16.4 Å². The molecule has 2 aromatic rings. The maximum Gasteiger partial charge on any atom is 0.251 e. The number of thioether (sulfide) groups is 1. The number of carbonyl (C=O) groups excluding carboxylic acids is 2. The molecule has 0 unspecified atom stereocenters. The number of carbonyl (C=O) groups is 2. The molecule has 1 aromatic carbocycles. The van der Waals surface area contributed by atoms with Gasteiger partial charge in [0.15, 0.2) is 0 Å². The molecule has 2 rings (SSSR count). The fourth-order valence-corrected chi connectivity index (χ4v) is 3.83. The van der Waals surface area contributed by atoms with E-state index in [1.54, 1.807) is 35.6 Å². The standard InChI is InChI=1S/C19H25N3O2S2.ClH/c1-3-19(20,4-2)13-21-18(24)14-7-9-15(10-8-14)22-16(23)12-26-17-6-5-11-25-17;/h5-11H,3-4,12-13,20H2,1-2H3,(H,21,24)(H,22,23);1H. The van der Waals surface area contributed by atoms with E-state index in [9.17, 15) is 9.59 Å². The molecule has 0 fully saturated rings. The second kappa shape index (κ2) is 11.3. The highest BCUT2D eigenvalue weighted by molar-refractivity contribution is 8.01. The second-order valence-corrected chi connectivity index (χ2v) is 8.32. The van der Waals surface area contributed by atoms with Crippen LogP contribution in [-0.4, -0.2) is 29.7 Å². The molecular weight excluding hydrogens is 402 g/mol. The lowest BCUT2D eigenvalue weighted by Gasteiger charge is -2.26. The van der Waals surface area contributed by atoms with Gasteiger partial charge in [-0.2, -0.15) is 0 Å². The first-order valence-corrected chi connectivity index (χ1v) is 10.5. The zero-order chi connectivity index (χ0) is 19.0. The Morgan fingerprint density at radius 3 is 2.37 bits per heavy atom. The highest BCUT2D eigenvalue weighted by atomic mass is 35.5. The zero-order valence-electron chi connectivity index (χ0n) is 15.5. The van der Waals surface area contributed by atoms with Gasteiger partial charge in [0.05, 0.1) is 9.96 Å². The molecule has 5 nitrogen and oxygen atoms in total. The van der Waals surface area contributed by atoms with Crippen molar-refractivity contribution < 1.29 is 9.59 Å². The maximum atomic E-state index is 12.2. The minimum absolute atomic E-state index is 0. The Balaban J connectivity index is 0.00000364. The number of thiophene rings is 1. The van der Waals surface area contributed by atoms with Crippen LogP contribution in [-0.2, 0) is 4.79 Å². The first-order valence-electron chi connectivity index (χ1n) is 8.59. The zero-order valence-corrected chi connectivity index (χ0v) is 17.9. The number of benzene rings is 1. The van der Waals surface area contributed by atoms with Crippen molar-refractivity contribution in [3.63, 3.8) is 0 Å². The minimum Gasteiger partial charge on any atom is -0.350 e. The summed E-state index contributed by atoms with van der Waals surface area (Å²) < 4.78 is 1.11. The predicted molar refractivity (Wildman–Crippen MR) is 117 cm³/mol. The molecule has 0 aliphatic rings. The topological polar surface area (TPSA) is 84.2 Å². The number of halogens is 1. The highest BCUT2D eigenvalue weighted by Crippen LogP contribution is 2.23. The van der Waals surface area contributed by atoms with Crippen LogP contribution < -0.4 is 16.4 Å². The summed E-state index contributed by atoms with van der Waals surface area (Å²) in [5.41, 5.74) is 7.05. The summed E-state index contributed by atoms with van der Waals surface area (Å²) in [6.45, 7) is 4.48. The normalized spacial score (nSPS) is 10.8. The van der Waals surface area contributed by atoms with Crippen molar-refractivity contribution in [3.05, 3.63) is 47.3 Å². The molecule has 27 heavy (non-hydrogen) atoms. The SMILES string of the molecule is CCC(N)(CC)CNC(=O)c1ccc(NC(=O)CSc2cccs2)cc1.Cl. The van der Waals surface area contributed by atoms with E-state index in [0.29, 0.717) is 23.5 Å². The molecule has 0 atom stereocenters. The van der Waals surface area contributed by atoms with Crippen molar-refractivity contribution in [2.45, 2.75) is 36.4 Å². The van der Waals surface area contributed by atoms with E-state index >= 15 is 0 Å². The average molecular weight is 428 g/mol.